The number of para-hydroxylation sites is 1. The molecule has 4 N–H and O–H groups in total. The normalized spacial score (nSPS) is 36.8. The molecule has 3 fully saturated rings. The lowest BCUT2D eigenvalue weighted by Gasteiger charge is -2.47. The van der Waals surface area contributed by atoms with Crippen LogP contribution >= 0.6 is 0 Å². The summed E-state index contributed by atoms with van der Waals surface area (Å²) in [5.41, 5.74) is 8.59. The first-order valence-corrected chi connectivity index (χ1v) is 24.0. The number of hydrazine groups is 1. The molecule has 3 heterocycles. The molecule has 0 spiro atoms. The fraction of sp³-hybridized carbons (Fsp3) is 0.686. The molecule has 368 valence electrons. The highest BCUT2D eigenvalue weighted by Crippen LogP contribution is 2.39. The minimum atomic E-state index is -2.51. The Morgan fingerprint density at radius 1 is 0.924 bits per heavy atom. The van der Waals surface area contributed by atoms with Crippen LogP contribution in [0.2, 0.25) is 0 Å². The number of carbonyl (C=O) groups is 4. The lowest BCUT2D eigenvalue weighted by atomic mass is 9.81. The van der Waals surface area contributed by atoms with Crippen LogP contribution < -0.4 is 10.9 Å². The lowest BCUT2D eigenvalue weighted by Crippen LogP contribution is -2.64. The largest absolute Gasteiger partial charge is 0.472 e. The number of methoxy groups -OCH3 is 3. The van der Waals surface area contributed by atoms with E-state index in [4.69, 9.17) is 28.4 Å². The number of fused-ring (bicyclic) bond motifs is 3. The van der Waals surface area contributed by atoms with Crippen LogP contribution in [0.15, 0.2) is 66.1 Å². The summed E-state index contributed by atoms with van der Waals surface area (Å²) in [5.74, 6) is -7.25. The van der Waals surface area contributed by atoms with Crippen molar-refractivity contribution < 1.29 is 57.8 Å². The number of esters is 1. The number of allylic oxidation sites excluding steroid dienone is 3. The van der Waals surface area contributed by atoms with Crippen molar-refractivity contribution in [3.63, 3.8) is 0 Å². The van der Waals surface area contributed by atoms with E-state index in [1.54, 1.807) is 21.0 Å². The number of aliphatic hydroxyl groups is 2. The third-order valence-corrected chi connectivity index (χ3v) is 14.3. The fourth-order valence-corrected chi connectivity index (χ4v) is 10.4. The molecule has 2 saturated heterocycles. The molecule has 0 aromatic heterocycles. The summed E-state index contributed by atoms with van der Waals surface area (Å²) in [6.45, 7) is 15.3. The summed E-state index contributed by atoms with van der Waals surface area (Å²) in [5, 5.41) is 24.0. The van der Waals surface area contributed by atoms with E-state index in [0.717, 1.165) is 11.3 Å². The summed E-state index contributed by atoms with van der Waals surface area (Å²) in [7, 11) is 4.71. The summed E-state index contributed by atoms with van der Waals surface area (Å²) >= 11 is 0. The van der Waals surface area contributed by atoms with Gasteiger partial charge in [0.05, 0.1) is 30.1 Å². The molecule has 1 aromatic rings. The number of aliphatic hydroxyl groups excluding tert-OH is 1. The van der Waals surface area contributed by atoms with Gasteiger partial charge in [-0.1, -0.05) is 63.6 Å². The van der Waals surface area contributed by atoms with E-state index >= 15 is 0 Å². The molecule has 3 aliphatic heterocycles. The predicted octanol–water partition coefficient (Wildman–Crippen LogP) is 6.59. The van der Waals surface area contributed by atoms with Crippen molar-refractivity contribution >= 4 is 29.1 Å². The Balaban J connectivity index is 1.44. The average molecular weight is 924 g/mol. The molecule has 1 aliphatic carbocycles. The minimum Gasteiger partial charge on any atom is -0.472 e. The Labute approximate surface area is 392 Å². The van der Waals surface area contributed by atoms with Gasteiger partial charge in [-0.25, -0.2) is 4.79 Å². The number of Topliss-reactive ketones (excluding diaryl/α,β-unsaturated/α-hetero) is 2. The molecule has 14 unspecified atom stereocenters. The third-order valence-electron chi connectivity index (χ3n) is 14.3. The average Bonchev–Trinajstić information content (AvgIpc) is 3.31. The van der Waals surface area contributed by atoms with Crippen molar-refractivity contribution in [2.24, 2.45) is 29.6 Å². The van der Waals surface area contributed by atoms with Gasteiger partial charge in [0.25, 0.3) is 11.7 Å². The number of ether oxygens (including phenoxy) is 6. The molecule has 4 aliphatic rings. The summed E-state index contributed by atoms with van der Waals surface area (Å²) < 4.78 is 36.6. The van der Waals surface area contributed by atoms with Crippen molar-refractivity contribution in [2.75, 3.05) is 33.3 Å². The van der Waals surface area contributed by atoms with Crippen LogP contribution in [0.25, 0.3) is 0 Å². The van der Waals surface area contributed by atoms with Crippen LogP contribution in [0.3, 0.4) is 0 Å². The molecule has 15 nitrogen and oxygen atoms in total. The van der Waals surface area contributed by atoms with Gasteiger partial charge >= 0.3 is 5.97 Å². The molecule has 15 heteroatoms. The zero-order valence-electron chi connectivity index (χ0n) is 40.7. The number of hydrogen-bond donors (Lipinski definition) is 4. The smallest absolute Gasteiger partial charge is 0.329 e. The molecule has 1 saturated carbocycles. The number of carbonyl (C=O) groups excluding carboxylic acids is 4. The van der Waals surface area contributed by atoms with Crippen molar-refractivity contribution in [1.82, 2.24) is 10.3 Å². The van der Waals surface area contributed by atoms with Gasteiger partial charge < -0.3 is 43.5 Å². The molecule has 0 radical (unpaired) electrons. The monoisotopic (exact) mass is 924 g/mol. The Kier molecular flexibility index (Phi) is 19.4. The maximum atomic E-state index is 14.5. The summed E-state index contributed by atoms with van der Waals surface area (Å²) in [6.07, 6.45) is 4.17. The van der Waals surface area contributed by atoms with Crippen LogP contribution in [0.1, 0.15) is 112 Å². The fourth-order valence-electron chi connectivity index (χ4n) is 10.4. The molecule has 14 atom stereocenters. The van der Waals surface area contributed by atoms with Crippen molar-refractivity contribution in [2.45, 2.75) is 167 Å². The number of nitrogens with one attached hydrogen (secondary N) is 2. The SMILES string of the molecule is C=C(NNc1ccccc1)OC1CCC(/C=C(\C)C2OC(=O)C3CCCCN3C(=O)C(=O)C3(O)OC(C(OC)CC(C)C/C(C)=C/C(CC)C(=O)CC(O)C2C)C(OC)CC3C)CC1OC. The minimum absolute atomic E-state index is 0.0175. The highest BCUT2D eigenvalue weighted by atomic mass is 16.7. The number of benzene rings is 1. The number of anilines is 1. The van der Waals surface area contributed by atoms with Gasteiger partial charge in [-0.3, -0.25) is 25.2 Å². The maximum Gasteiger partial charge on any atom is 0.329 e. The topological polar surface area (TPSA) is 191 Å². The van der Waals surface area contributed by atoms with Crippen molar-refractivity contribution in [1.29, 1.82) is 0 Å². The van der Waals surface area contributed by atoms with Gasteiger partial charge in [-0.15, -0.1) is 0 Å². The Morgan fingerprint density at radius 2 is 1.61 bits per heavy atom. The van der Waals surface area contributed by atoms with Gasteiger partial charge in [0.1, 0.15) is 30.1 Å². The third kappa shape index (κ3) is 13.1. The van der Waals surface area contributed by atoms with E-state index in [1.807, 2.05) is 63.3 Å². The molecule has 66 heavy (non-hydrogen) atoms. The van der Waals surface area contributed by atoms with Gasteiger partial charge in [0, 0.05) is 52.0 Å². The quantitative estimate of drug-likeness (QED) is 0.0612. The van der Waals surface area contributed by atoms with Gasteiger partial charge in [0.15, 0.2) is 5.88 Å². The van der Waals surface area contributed by atoms with E-state index in [2.05, 4.69) is 24.4 Å². The molecule has 5 rings (SSSR count). The number of rotatable bonds is 11. The van der Waals surface area contributed by atoms with E-state index in [9.17, 15) is 29.4 Å². The second kappa shape index (κ2) is 24.2. The molecule has 2 bridgehead atoms. The van der Waals surface area contributed by atoms with E-state index in [1.165, 1.54) is 19.1 Å². The summed E-state index contributed by atoms with van der Waals surface area (Å²) in [4.78, 5) is 58.4. The van der Waals surface area contributed by atoms with Gasteiger partial charge in [-0.2, -0.15) is 0 Å². The number of cyclic esters (lactones) is 1. The molecular weight excluding hydrogens is 847 g/mol. The van der Waals surface area contributed by atoms with Crippen LogP contribution in [0, 0.1) is 29.6 Å². The molecule has 1 amide bonds. The van der Waals surface area contributed by atoms with E-state index in [0.29, 0.717) is 62.8 Å². The number of amides is 1. The Morgan fingerprint density at radius 3 is 2.27 bits per heavy atom. The van der Waals surface area contributed by atoms with Crippen molar-refractivity contribution in [3.8, 4) is 0 Å². The first-order chi connectivity index (χ1) is 31.4. The van der Waals surface area contributed by atoms with E-state index < -0.39 is 77.8 Å². The molecule has 1 aromatic carbocycles. The maximum absolute atomic E-state index is 14.5. The number of nitrogens with zero attached hydrogens (tertiary/aromatic N) is 1. The zero-order chi connectivity index (χ0) is 48.3. The van der Waals surface area contributed by atoms with Crippen molar-refractivity contribution in [3.05, 3.63) is 66.1 Å². The number of hydrogen-bond acceptors (Lipinski definition) is 14. The first-order valence-electron chi connectivity index (χ1n) is 24.0. The number of piperidine rings is 1. The highest BCUT2D eigenvalue weighted by molar-refractivity contribution is 6.39. The molecular formula is C51H77N3O12. The zero-order valence-corrected chi connectivity index (χ0v) is 40.7. The Bertz CT molecular complexity index is 1870. The highest BCUT2D eigenvalue weighted by Gasteiger charge is 2.56. The van der Waals surface area contributed by atoms with Crippen LogP contribution in [0.5, 0.6) is 0 Å². The van der Waals surface area contributed by atoms with Crippen LogP contribution in [0.4, 0.5) is 5.69 Å². The van der Waals surface area contributed by atoms with Gasteiger partial charge in [-0.05, 0) is 114 Å². The second-order valence-electron chi connectivity index (χ2n) is 19.3. The lowest BCUT2D eigenvalue weighted by molar-refractivity contribution is -0.302. The standard InChI is InChI=1S/C51H77N3O12/c1-11-37-24-30(2)23-31(3)25-44(62-9)47-45(63-10)27-33(5)51(60,66-47)48(57)49(58)54-22-16-15-19-39(54)50(59)65-46(34(6)40(55)29-41(37)56)32(4)26-36-20-21-42(43(28-36)61-8)64-35(7)52-53-38-17-13-12-14-18-38/h12-14,17-18,24,26,31,33-34,36-37,39-40,42-47,52-53,55,60H,7,11,15-16,19-23,25,27-29H2,1-6,8-10H3/b30-24+,32-26+. The predicted molar refractivity (Wildman–Crippen MR) is 249 cm³/mol. The van der Waals surface area contributed by atoms with Crippen LogP contribution in [-0.4, -0.2) is 121 Å². The Hall–Kier alpha value is -4.12. The van der Waals surface area contributed by atoms with Crippen LogP contribution in [-0.2, 0) is 47.6 Å². The summed E-state index contributed by atoms with van der Waals surface area (Å²) in [6, 6.07) is 8.44. The van der Waals surface area contributed by atoms with E-state index in [-0.39, 0.29) is 55.6 Å². The number of ketones is 2. The second-order valence-corrected chi connectivity index (χ2v) is 19.3. The van der Waals surface area contributed by atoms with Gasteiger partial charge in [0.2, 0.25) is 5.79 Å². The first kappa shape index (κ1) is 52.8.